The second kappa shape index (κ2) is 3.33. The molecule has 1 aromatic heterocycles. The summed E-state index contributed by atoms with van der Waals surface area (Å²) in [7, 11) is 1.62. The van der Waals surface area contributed by atoms with Gasteiger partial charge >= 0.3 is 6.01 Å². The van der Waals surface area contributed by atoms with Crippen molar-refractivity contribution in [3.8, 4) is 6.01 Å². The van der Waals surface area contributed by atoms with Gasteiger partial charge in [-0.1, -0.05) is 5.10 Å². The van der Waals surface area contributed by atoms with Crippen LogP contribution in [0.5, 0.6) is 6.01 Å². The summed E-state index contributed by atoms with van der Waals surface area (Å²) in [6, 6.07) is 0.616. The van der Waals surface area contributed by atoms with Crippen LogP contribution in [0.2, 0.25) is 0 Å². The fourth-order valence-corrected chi connectivity index (χ4v) is 1.72. The van der Waals surface area contributed by atoms with Gasteiger partial charge in [-0.05, 0) is 18.9 Å². The molecule has 2 heterocycles. The Morgan fingerprint density at radius 2 is 2.46 bits per heavy atom. The van der Waals surface area contributed by atoms with E-state index in [2.05, 4.69) is 10.2 Å². The number of aromatic nitrogens is 3. The largest absolute Gasteiger partial charge is 0.467 e. The van der Waals surface area contributed by atoms with Crippen molar-refractivity contribution in [1.29, 1.82) is 0 Å². The number of methoxy groups -OCH3 is 1. The molecule has 5 nitrogen and oxygen atoms in total. The molecular weight excluding hydrogens is 168 g/mol. The maximum Gasteiger partial charge on any atom is 0.316 e. The maximum absolute atomic E-state index is 5.61. The molecule has 1 aliphatic heterocycles. The minimum atomic E-state index is 0.557. The Bertz CT molecular complexity index is 296. The molecule has 1 atom stereocenters. The first kappa shape index (κ1) is 8.50. The Balaban J connectivity index is 2.22. The van der Waals surface area contributed by atoms with Crippen LogP contribution in [0.15, 0.2) is 0 Å². The molecule has 0 spiro atoms. The first-order valence-electron chi connectivity index (χ1n) is 4.51. The van der Waals surface area contributed by atoms with E-state index in [9.17, 15) is 0 Å². The van der Waals surface area contributed by atoms with E-state index in [1.165, 1.54) is 0 Å². The van der Waals surface area contributed by atoms with Gasteiger partial charge in [-0.2, -0.15) is 0 Å². The average Bonchev–Trinajstić information content (AvgIpc) is 2.59. The minimum absolute atomic E-state index is 0.557. The van der Waals surface area contributed by atoms with Crippen LogP contribution in [-0.2, 0) is 13.0 Å². The number of rotatable bonds is 2. The van der Waals surface area contributed by atoms with Crippen LogP contribution in [0.3, 0.4) is 0 Å². The monoisotopic (exact) mass is 182 g/mol. The molecule has 0 bridgehead atoms. The first-order chi connectivity index (χ1) is 6.35. The van der Waals surface area contributed by atoms with Crippen LogP contribution in [0, 0.1) is 5.92 Å². The molecule has 2 N–H and O–H groups in total. The van der Waals surface area contributed by atoms with Gasteiger partial charge in [-0.25, -0.2) is 0 Å². The molecule has 1 unspecified atom stereocenters. The first-order valence-corrected chi connectivity index (χ1v) is 4.51. The van der Waals surface area contributed by atoms with E-state index in [0.29, 0.717) is 11.9 Å². The average molecular weight is 182 g/mol. The predicted octanol–water partition coefficient (Wildman–Crippen LogP) is -0.192. The van der Waals surface area contributed by atoms with Crippen molar-refractivity contribution < 1.29 is 4.74 Å². The summed E-state index contributed by atoms with van der Waals surface area (Å²) in [5.74, 6) is 1.56. The van der Waals surface area contributed by atoms with Crippen molar-refractivity contribution in [3.05, 3.63) is 5.82 Å². The summed E-state index contributed by atoms with van der Waals surface area (Å²) in [6.45, 7) is 1.66. The molecular formula is C8H14N4O. The lowest BCUT2D eigenvalue weighted by Gasteiger charge is -2.21. The zero-order valence-corrected chi connectivity index (χ0v) is 7.73. The molecule has 72 valence electrons. The quantitative estimate of drug-likeness (QED) is 0.688. The normalized spacial score (nSPS) is 21.2. The lowest BCUT2D eigenvalue weighted by atomic mass is 9.98. The van der Waals surface area contributed by atoms with E-state index in [0.717, 1.165) is 31.8 Å². The van der Waals surface area contributed by atoms with E-state index in [1.807, 2.05) is 4.57 Å². The summed E-state index contributed by atoms with van der Waals surface area (Å²) < 4.78 is 7.10. The highest BCUT2D eigenvalue weighted by atomic mass is 16.5. The smallest absolute Gasteiger partial charge is 0.316 e. The Morgan fingerprint density at radius 1 is 1.62 bits per heavy atom. The molecule has 0 aromatic carbocycles. The van der Waals surface area contributed by atoms with Crippen LogP contribution in [0.1, 0.15) is 12.2 Å². The van der Waals surface area contributed by atoms with E-state index in [-0.39, 0.29) is 0 Å². The van der Waals surface area contributed by atoms with Gasteiger partial charge < -0.3 is 10.5 Å². The van der Waals surface area contributed by atoms with Gasteiger partial charge in [0.1, 0.15) is 5.82 Å². The molecule has 1 aliphatic rings. The molecule has 13 heavy (non-hydrogen) atoms. The third-order valence-corrected chi connectivity index (χ3v) is 2.54. The van der Waals surface area contributed by atoms with Crippen LogP contribution in [0.25, 0.3) is 0 Å². The van der Waals surface area contributed by atoms with E-state index in [4.69, 9.17) is 10.5 Å². The van der Waals surface area contributed by atoms with E-state index in [1.54, 1.807) is 7.11 Å². The number of nitrogens with zero attached hydrogens (tertiary/aromatic N) is 3. The number of nitrogens with two attached hydrogens (primary N) is 1. The van der Waals surface area contributed by atoms with Crippen LogP contribution in [0.4, 0.5) is 0 Å². The second-order valence-corrected chi connectivity index (χ2v) is 3.35. The summed E-state index contributed by atoms with van der Waals surface area (Å²) in [4.78, 5) is 0. The zero-order chi connectivity index (χ0) is 9.26. The van der Waals surface area contributed by atoms with Gasteiger partial charge in [0.05, 0.1) is 7.11 Å². The van der Waals surface area contributed by atoms with Crippen molar-refractivity contribution in [2.45, 2.75) is 19.4 Å². The van der Waals surface area contributed by atoms with Gasteiger partial charge in [-0.3, -0.25) is 4.57 Å². The molecule has 2 rings (SSSR count). The van der Waals surface area contributed by atoms with Crippen molar-refractivity contribution in [2.75, 3.05) is 13.7 Å². The van der Waals surface area contributed by atoms with Gasteiger partial charge in [0.25, 0.3) is 0 Å². The van der Waals surface area contributed by atoms with Crippen LogP contribution in [-0.4, -0.2) is 28.4 Å². The number of hydrogen-bond acceptors (Lipinski definition) is 4. The highest BCUT2D eigenvalue weighted by Crippen LogP contribution is 2.21. The lowest BCUT2D eigenvalue weighted by Crippen LogP contribution is -2.25. The van der Waals surface area contributed by atoms with Gasteiger partial charge in [0.2, 0.25) is 0 Å². The van der Waals surface area contributed by atoms with Crippen molar-refractivity contribution in [2.24, 2.45) is 11.7 Å². The topological polar surface area (TPSA) is 66.0 Å². The molecule has 0 fully saturated rings. The summed E-state index contributed by atoms with van der Waals surface area (Å²) in [5, 5.41) is 7.99. The van der Waals surface area contributed by atoms with E-state index < -0.39 is 0 Å². The summed E-state index contributed by atoms with van der Waals surface area (Å²) in [5.41, 5.74) is 5.61. The Hall–Kier alpha value is -1.10. The maximum atomic E-state index is 5.61. The molecule has 5 heteroatoms. The predicted molar refractivity (Wildman–Crippen MR) is 47.4 cm³/mol. The Morgan fingerprint density at radius 3 is 3.15 bits per heavy atom. The number of fused-ring (bicyclic) bond motifs is 1. The SMILES string of the molecule is COc1nnc2n1CCC(CN)C2. The van der Waals surface area contributed by atoms with Crippen molar-refractivity contribution in [3.63, 3.8) is 0 Å². The van der Waals surface area contributed by atoms with Crippen LogP contribution < -0.4 is 10.5 Å². The van der Waals surface area contributed by atoms with Gasteiger partial charge in [0, 0.05) is 13.0 Å². The van der Waals surface area contributed by atoms with Crippen molar-refractivity contribution in [1.82, 2.24) is 14.8 Å². The second-order valence-electron chi connectivity index (χ2n) is 3.35. The number of hydrogen-bond donors (Lipinski definition) is 1. The highest BCUT2D eigenvalue weighted by Gasteiger charge is 2.22. The molecule has 0 saturated heterocycles. The van der Waals surface area contributed by atoms with Crippen molar-refractivity contribution >= 4 is 0 Å². The molecule has 0 radical (unpaired) electrons. The number of ether oxygens (including phenoxy) is 1. The minimum Gasteiger partial charge on any atom is -0.467 e. The van der Waals surface area contributed by atoms with Gasteiger partial charge in [-0.15, -0.1) is 5.10 Å². The van der Waals surface area contributed by atoms with E-state index >= 15 is 0 Å². The Labute approximate surface area is 76.9 Å². The Kier molecular flexibility index (Phi) is 2.18. The third-order valence-electron chi connectivity index (χ3n) is 2.54. The summed E-state index contributed by atoms with van der Waals surface area (Å²) in [6.07, 6.45) is 2.02. The fourth-order valence-electron chi connectivity index (χ4n) is 1.72. The standard InChI is InChI=1S/C8H14N4O/c1-13-8-11-10-7-4-6(5-9)2-3-12(7)8/h6H,2-5,9H2,1H3. The molecule has 0 saturated carbocycles. The highest BCUT2D eigenvalue weighted by molar-refractivity contribution is 5.04. The lowest BCUT2D eigenvalue weighted by molar-refractivity contribution is 0.322. The molecule has 0 amide bonds. The molecule has 0 aliphatic carbocycles. The van der Waals surface area contributed by atoms with Gasteiger partial charge in [0.15, 0.2) is 0 Å². The fraction of sp³-hybridized carbons (Fsp3) is 0.750. The third kappa shape index (κ3) is 1.39. The zero-order valence-electron chi connectivity index (χ0n) is 7.73. The van der Waals surface area contributed by atoms with Crippen LogP contribution >= 0.6 is 0 Å². The molecule has 1 aromatic rings. The summed E-state index contributed by atoms with van der Waals surface area (Å²) >= 11 is 0.